The number of rotatable bonds is 5. The molecule has 4 rings (SSSR count). The van der Waals surface area contributed by atoms with E-state index in [-0.39, 0.29) is 10.7 Å². The van der Waals surface area contributed by atoms with Gasteiger partial charge in [0.1, 0.15) is 5.76 Å². The minimum absolute atomic E-state index is 0.163. The number of piperidine rings is 1. The molecule has 1 aromatic heterocycles. The van der Waals surface area contributed by atoms with Gasteiger partial charge >= 0.3 is 0 Å². The maximum absolute atomic E-state index is 13.1. The molecule has 3 heterocycles. The van der Waals surface area contributed by atoms with E-state index in [1.54, 1.807) is 37.3 Å². The topological polar surface area (TPSA) is 92.1 Å². The van der Waals surface area contributed by atoms with Crippen LogP contribution in [0.3, 0.4) is 0 Å². The number of sulfonamides is 1. The molecule has 8 nitrogen and oxygen atoms in total. The Kier molecular flexibility index (Phi) is 6.12. The van der Waals surface area contributed by atoms with E-state index in [2.05, 4.69) is 10.2 Å². The summed E-state index contributed by atoms with van der Waals surface area (Å²) in [5.74, 6) is 0.431. The number of anilines is 2. The lowest BCUT2D eigenvalue weighted by atomic mass is 10.1. The number of hydrogen-bond donors (Lipinski definition) is 1. The molecule has 9 heteroatoms. The number of ether oxygens (including phenoxy) is 1. The zero-order valence-electron chi connectivity index (χ0n) is 17.1. The zero-order valence-corrected chi connectivity index (χ0v) is 17.9. The predicted octanol–water partition coefficient (Wildman–Crippen LogP) is 2.85. The van der Waals surface area contributed by atoms with Crippen LogP contribution in [0.5, 0.6) is 0 Å². The van der Waals surface area contributed by atoms with E-state index in [9.17, 15) is 13.2 Å². The van der Waals surface area contributed by atoms with Gasteiger partial charge in [-0.1, -0.05) is 0 Å². The Morgan fingerprint density at radius 3 is 2.40 bits per heavy atom. The third-order valence-corrected chi connectivity index (χ3v) is 7.38. The van der Waals surface area contributed by atoms with Gasteiger partial charge in [0, 0.05) is 26.2 Å². The van der Waals surface area contributed by atoms with Gasteiger partial charge in [0.25, 0.3) is 5.91 Å². The Morgan fingerprint density at radius 2 is 1.73 bits per heavy atom. The molecule has 2 saturated heterocycles. The third kappa shape index (κ3) is 4.38. The minimum Gasteiger partial charge on any atom is -0.456 e. The van der Waals surface area contributed by atoms with Gasteiger partial charge in [0.2, 0.25) is 10.0 Å². The normalized spacial score (nSPS) is 18.4. The highest BCUT2D eigenvalue weighted by atomic mass is 32.2. The number of benzene rings is 1. The van der Waals surface area contributed by atoms with Gasteiger partial charge in [0.05, 0.1) is 29.5 Å². The van der Waals surface area contributed by atoms with E-state index >= 15 is 0 Å². The highest BCUT2D eigenvalue weighted by Crippen LogP contribution is 2.32. The fraction of sp³-hybridized carbons (Fsp3) is 0.476. The highest BCUT2D eigenvalue weighted by Gasteiger charge is 2.28. The van der Waals surface area contributed by atoms with Crippen molar-refractivity contribution in [3.8, 4) is 0 Å². The molecule has 2 aliphatic rings. The van der Waals surface area contributed by atoms with Crippen molar-refractivity contribution in [2.75, 3.05) is 49.6 Å². The van der Waals surface area contributed by atoms with E-state index in [4.69, 9.17) is 9.15 Å². The first kappa shape index (κ1) is 20.9. The molecular weight excluding hydrogens is 406 g/mol. The summed E-state index contributed by atoms with van der Waals surface area (Å²) in [6.07, 6.45) is 3.31. The lowest BCUT2D eigenvalue weighted by Crippen LogP contribution is -2.40. The summed E-state index contributed by atoms with van der Waals surface area (Å²) in [7, 11) is -3.67. The monoisotopic (exact) mass is 433 g/mol. The molecule has 0 atom stereocenters. The Balaban J connectivity index is 1.68. The molecule has 2 aliphatic heterocycles. The largest absolute Gasteiger partial charge is 0.456 e. The van der Waals surface area contributed by atoms with E-state index in [1.165, 1.54) is 10.7 Å². The first-order valence-electron chi connectivity index (χ1n) is 10.3. The van der Waals surface area contributed by atoms with Gasteiger partial charge in [-0.15, -0.1) is 0 Å². The number of aryl methyl sites for hydroxylation is 1. The summed E-state index contributed by atoms with van der Waals surface area (Å²) in [6.45, 7) is 4.92. The number of amides is 1. The van der Waals surface area contributed by atoms with Crippen LogP contribution in [-0.4, -0.2) is 58.0 Å². The standard InChI is InChI=1S/C21H27N3O5S/c1-16-5-8-20(29-16)21(25)22-18-15-17(30(26,27)24-11-13-28-14-12-24)6-7-19(18)23-9-3-2-4-10-23/h5-8,15H,2-4,9-14H2,1H3,(H,22,25). The molecular formula is C21H27N3O5S. The lowest BCUT2D eigenvalue weighted by Gasteiger charge is -2.31. The first-order valence-corrected chi connectivity index (χ1v) is 11.7. The maximum atomic E-state index is 13.1. The van der Waals surface area contributed by atoms with Crippen LogP contribution < -0.4 is 10.2 Å². The number of nitrogens with one attached hydrogen (secondary N) is 1. The van der Waals surface area contributed by atoms with E-state index < -0.39 is 15.9 Å². The summed E-state index contributed by atoms with van der Waals surface area (Å²) in [6, 6.07) is 8.31. The van der Waals surface area contributed by atoms with Crippen molar-refractivity contribution in [3.63, 3.8) is 0 Å². The predicted molar refractivity (Wildman–Crippen MR) is 113 cm³/mol. The van der Waals surface area contributed by atoms with Crippen LogP contribution in [0.25, 0.3) is 0 Å². The maximum Gasteiger partial charge on any atom is 0.291 e. The number of hydrogen-bond acceptors (Lipinski definition) is 6. The fourth-order valence-electron chi connectivity index (χ4n) is 3.86. The lowest BCUT2D eigenvalue weighted by molar-refractivity contribution is 0.0730. The van der Waals surface area contributed by atoms with Crippen LogP contribution in [0.15, 0.2) is 39.6 Å². The average Bonchev–Trinajstić information content (AvgIpc) is 3.21. The average molecular weight is 434 g/mol. The molecule has 162 valence electrons. The molecule has 30 heavy (non-hydrogen) atoms. The number of morpholine rings is 1. The van der Waals surface area contributed by atoms with Gasteiger partial charge in [-0.3, -0.25) is 4.79 Å². The summed E-state index contributed by atoms with van der Waals surface area (Å²) in [4.78, 5) is 15.1. The molecule has 1 amide bonds. The van der Waals surface area contributed by atoms with Crippen LogP contribution in [0.4, 0.5) is 11.4 Å². The number of nitrogens with zero attached hydrogens (tertiary/aromatic N) is 2. The second-order valence-electron chi connectivity index (χ2n) is 7.61. The summed E-state index contributed by atoms with van der Waals surface area (Å²) in [5.41, 5.74) is 1.30. The Hall–Kier alpha value is -2.36. The summed E-state index contributed by atoms with van der Waals surface area (Å²) >= 11 is 0. The van der Waals surface area contributed by atoms with Crippen molar-refractivity contribution < 1.29 is 22.4 Å². The highest BCUT2D eigenvalue weighted by molar-refractivity contribution is 7.89. The third-order valence-electron chi connectivity index (χ3n) is 5.48. The van der Waals surface area contributed by atoms with Crippen molar-refractivity contribution in [1.29, 1.82) is 0 Å². The second-order valence-corrected chi connectivity index (χ2v) is 9.55. The molecule has 0 radical (unpaired) electrons. The molecule has 2 fully saturated rings. The number of carbonyl (C=O) groups is 1. The fourth-order valence-corrected chi connectivity index (χ4v) is 5.30. The van der Waals surface area contributed by atoms with Gasteiger partial charge in [-0.25, -0.2) is 8.42 Å². The summed E-state index contributed by atoms with van der Waals surface area (Å²) in [5, 5.41) is 2.87. The van der Waals surface area contributed by atoms with Crippen LogP contribution in [-0.2, 0) is 14.8 Å². The Bertz CT molecular complexity index is 1010. The van der Waals surface area contributed by atoms with Gasteiger partial charge in [0.15, 0.2) is 5.76 Å². The minimum atomic E-state index is -3.67. The van der Waals surface area contributed by atoms with Gasteiger partial charge in [-0.05, 0) is 56.5 Å². The number of carbonyl (C=O) groups excluding carboxylic acids is 1. The van der Waals surface area contributed by atoms with Crippen LogP contribution in [0, 0.1) is 6.92 Å². The van der Waals surface area contributed by atoms with Gasteiger partial charge < -0.3 is 19.4 Å². The van der Waals surface area contributed by atoms with Crippen LogP contribution in [0.2, 0.25) is 0 Å². The Morgan fingerprint density at radius 1 is 1.00 bits per heavy atom. The van der Waals surface area contributed by atoms with E-state index in [0.29, 0.717) is 37.8 Å². The van der Waals surface area contributed by atoms with Crippen molar-refractivity contribution >= 4 is 27.3 Å². The molecule has 0 saturated carbocycles. The zero-order chi connectivity index (χ0) is 21.1. The van der Waals surface area contributed by atoms with Crippen molar-refractivity contribution in [2.45, 2.75) is 31.1 Å². The van der Waals surface area contributed by atoms with Gasteiger partial charge in [-0.2, -0.15) is 4.31 Å². The van der Waals surface area contributed by atoms with E-state index in [0.717, 1.165) is 31.6 Å². The quantitative estimate of drug-likeness (QED) is 0.780. The van der Waals surface area contributed by atoms with Crippen molar-refractivity contribution in [1.82, 2.24) is 4.31 Å². The molecule has 1 N–H and O–H groups in total. The van der Waals surface area contributed by atoms with Crippen LogP contribution in [0.1, 0.15) is 35.6 Å². The molecule has 0 aliphatic carbocycles. The van der Waals surface area contributed by atoms with Crippen molar-refractivity contribution in [3.05, 3.63) is 41.9 Å². The first-order chi connectivity index (χ1) is 14.4. The molecule has 1 aromatic carbocycles. The molecule has 0 unspecified atom stereocenters. The summed E-state index contributed by atoms with van der Waals surface area (Å²) < 4.78 is 38.4. The number of furan rings is 1. The molecule has 2 aromatic rings. The molecule has 0 bridgehead atoms. The van der Waals surface area contributed by atoms with Crippen molar-refractivity contribution in [2.24, 2.45) is 0 Å². The smallest absolute Gasteiger partial charge is 0.291 e. The van der Waals surface area contributed by atoms with E-state index in [1.807, 2.05) is 0 Å². The van der Waals surface area contributed by atoms with Crippen LogP contribution >= 0.6 is 0 Å². The Labute approximate surface area is 176 Å². The second kappa shape index (κ2) is 8.79. The molecule has 0 spiro atoms. The SMILES string of the molecule is Cc1ccc(C(=O)Nc2cc(S(=O)(=O)N3CCOCC3)ccc2N2CCCCC2)o1.